The van der Waals surface area contributed by atoms with Crippen LogP contribution in [0.4, 0.5) is 10.5 Å². The highest BCUT2D eigenvalue weighted by molar-refractivity contribution is 5.90. The summed E-state index contributed by atoms with van der Waals surface area (Å²) in [6.07, 6.45) is -0.944. The second-order valence-electron chi connectivity index (χ2n) is 4.74. The highest BCUT2D eigenvalue weighted by Gasteiger charge is 2.20. The van der Waals surface area contributed by atoms with Gasteiger partial charge in [0.15, 0.2) is 0 Å². The molecule has 0 radical (unpaired) electrons. The molecule has 1 aliphatic rings. The fourth-order valence-electron chi connectivity index (χ4n) is 2.34. The lowest BCUT2D eigenvalue weighted by molar-refractivity contribution is -0.121. The predicted octanol–water partition coefficient (Wildman–Crippen LogP) is 2.01. The highest BCUT2D eigenvalue weighted by atomic mass is 16.4. The first-order valence-corrected chi connectivity index (χ1v) is 6.48. The van der Waals surface area contributed by atoms with E-state index in [2.05, 4.69) is 15.6 Å². The molecule has 6 heteroatoms. The first-order valence-electron chi connectivity index (χ1n) is 6.48. The number of benzene rings is 1. The summed E-state index contributed by atoms with van der Waals surface area (Å²) in [6, 6.07) is 11.0. The van der Waals surface area contributed by atoms with E-state index >= 15 is 0 Å². The molecule has 1 aromatic heterocycles. The number of nitrogens with one attached hydrogen (secondary N) is 2. The summed E-state index contributed by atoms with van der Waals surface area (Å²) in [5.41, 5.74) is 3.29. The number of carbonyl (C=O) groups excluding carboxylic acids is 1. The molecule has 0 fully saturated rings. The SMILES string of the molecule is O=C(O)Nc1cc2c(nc1-c1ccccc1)CNC(=O)C2. The minimum Gasteiger partial charge on any atom is -0.465 e. The Bertz CT molecular complexity index is 714. The molecule has 3 N–H and O–H groups in total. The summed E-state index contributed by atoms with van der Waals surface area (Å²) in [5.74, 6) is -0.0852. The zero-order valence-electron chi connectivity index (χ0n) is 11.1. The average molecular weight is 283 g/mol. The van der Waals surface area contributed by atoms with E-state index in [-0.39, 0.29) is 12.3 Å². The first kappa shape index (κ1) is 13.1. The number of anilines is 1. The van der Waals surface area contributed by atoms with Gasteiger partial charge in [0.05, 0.1) is 30.0 Å². The molecule has 2 amide bonds. The quantitative estimate of drug-likeness (QED) is 0.786. The smallest absolute Gasteiger partial charge is 0.409 e. The van der Waals surface area contributed by atoms with Gasteiger partial charge in [0.1, 0.15) is 0 Å². The summed E-state index contributed by atoms with van der Waals surface area (Å²) in [5, 5.41) is 14.1. The van der Waals surface area contributed by atoms with E-state index in [0.29, 0.717) is 17.9 Å². The van der Waals surface area contributed by atoms with E-state index in [9.17, 15) is 9.59 Å². The summed E-state index contributed by atoms with van der Waals surface area (Å²) in [7, 11) is 0. The van der Waals surface area contributed by atoms with Gasteiger partial charge < -0.3 is 10.4 Å². The molecular weight excluding hydrogens is 270 g/mol. The van der Waals surface area contributed by atoms with Crippen LogP contribution in [0.1, 0.15) is 11.3 Å². The molecule has 106 valence electrons. The number of rotatable bonds is 2. The van der Waals surface area contributed by atoms with Crippen LogP contribution in [-0.4, -0.2) is 22.1 Å². The van der Waals surface area contributed by atoms with Crippen molar-refractivity contribution in [2.45, 2.75) is 13.0 Å². The van der Waals surface area contributed by atoms with Gasteiger partial charge in [-0.3, -0.25) is 10.1 Å². The Balaban J connectivity index is 2.13. The van der Waals surface area contributed by atoms with Crippen LogP contribution in [0, 0.1) is 0 Å². The summed E-state index contributed by atoms with van der Waals surface area (Å²) < 4.78 is 0. The van der Waals surface area contributed by atoms with Gasteiger partial charge in [-0.05, 0) is 11.6 Å². The van der Waals surface area contributed by atoms with Crippen molar-refractivity contribution in [1.82, 2.24) is 10.3 Å². The largest absolute Gasteiger partial charge is 0.465 e. The maximum Gasteiger partial charge on any atom is 0.409 e. The molecule has 0 atom stereocenters. The highest BCUT2D eigenvalue weighted by Crippen LogP contribution is 2.29. The van der Waals surface area contributed by atoms with Crippen molar-refractivity contribution >= 4 is 17.7 Å². The van der Waals surface area contributed by atoms with Crippen LogP contribution in [0.3, 0.4) is 0 Å². The third-order valence-corrected chi connectivity index (χ3v) is 3.28. The molecule has 0 bridgehead atoms. The lowest BCUT2D eigenvalue weighted by Crippen LogP contribution is -2.31. The first-order chi connectivity index (χ1) is 10.1. The van der Waals surface area contributed by atoms with Crippen LogP contribution in [0.15, 0.2) is 36.4 Å². The van der Waals surface area contributed by atoms with Crippen molar-refractivity contribution < 1.29 is 14.7 Å². The minimum absolute atomic E-state index is 0.0852. The van der Waals surface area contributed by atoms with Crippen LogP contribution in [0.25, 0.3) is 11.3 Å². The van der Waals surface area contributed by atoms with Gasteiger partial charge >= 0.3 is 6.09 Å². The van der Waals surface area contributed by atoms with Gasteiger partial charge in [0.25, 0.3) is 0 Å². The number of nitrogens with zero attached hydrogens (tertiary/aromatic N) is 1. The topological polar surface area (TPSA) is 91.3 Å². The number of hydrogen-bond donors (Lipinski definition) is 3. The zero-order valence-corrected chi connectivity index (χ0v) is 11.1. The predicted molar refractivity (Wildman–Crippen MR) is 76.9 cm³/mol. The lowest BCUT2D eigenvalue weighted by atomic mass is 10.0. The van der Waals surface area contributed by atoms with Gasteiger partial charge in [0.2, 0.25) is 5.91 Å². The van der Waals surface area contributed by atoms with E-state index in [1.54, 1.807) is 6.07 Å². The monoisotopic (exact) mass is 283 g/mol. The molecule has 1 aliphatic heterocycles. The van der Waals surface area contributed by atoms with E-state index in [1.807, 2.05) is 30.3 Å². The summed E-state index contributed by atoms with van der Waals surface area (Å²) in [4.78, 5) is 26.9. The fraction of sp³-hybridized carbons (Fsp3) is 0.133. The van der Waals surface area contributed by atoms with Crippen LogP contribution in [0.5, 0.6) is 0 Å². The second-order valence-corrected chi connectivity index (χ2v) is 4.74. The minimum atomic E-state index is -1.16. The number of pyridine rings is 1. The van der Waals surface area contributed by atoms with Crippen molar-refractivity contribution in [3.8, 4) is 11.3 Å². The normalized spacial score (nSPS) is 13.2. The van der Waals surface area contributed by atoms with Crippen molar-refractivity contribution in [3.63, 3.8) is 0 Å². The van der Waals surface area contributed by atoms with Gasteiger partial charge in [0, 0.05) is 5.56 Å². The van der Waals surface area contributed by atoms with Crippen LogP contribution in [-0.2, 0) is 17.8 Å². The molecule has 1 aromatic carbocycles. The van der Waals surface area contributed by atoms with E-state index in [0.717, 1.165) is 16.8 Å². The Morgan fingerprint density at radius 2 is 2.05 bits per heavy atom. The Morgan fingerprint density at radius 1 is 1.29 bits per heavy atom. The number of carbonyl (C=O) groups is 2. The molecule has 3 rings (SSSR count). The standard InChI is InChI=1S/C15H13N3O3/c19-13-7-10-6-11(18-15(20)21)14(17-12(10)8-16-13)9-4-2-1-3-5-9/h1-6,18H,7-8H2,(H,16,19)(H,20,21). The number of amides is 2. The molecule has 21 heavy (non-hydrogen) atoms. The Hall–Kier alpha value is -2.89. The molecule has 0 spiro atoms. The van der Waals surface area contributed by atoms with Crippen LogP contribution in [0.2, 0.25) is 0 Å². The molecule has 0 saturated heterocycles. The maximum absolute atomic E-state index is 11.4. The van der Waals surface area contributed by atoms with Crippen LogP contribution >= 0.6 is 0 Å². The van der Waals surface area contributed by atoms with Crippen molar-refractivity contribution in [2.75, 3.05) is 5.32 Å². The molecule has 2 heterocycles. The Morgan fingerprint density at radius 3 is 2.76 bits per heavy atom. The summed E-state index contributed by atoms with van der Waals surface area (Å²) >= 11 is 0. The van der Waals surface area contributed by atoms with Gasteiger partial charge in [-0.15, -0.1) is 0 Å². The van der Waals surface area contributed by atoms with E-state index in [4.69, 9.17) is 5.11 Å². The third-order valence-electron chi connectivity index (χ3n) is 3.28. The van der Waals surface area contributed by atoms with E-state index in [1.165, 1.54) is 0 Å². The Kier molecular flexibility index (Phi) is 3.27. The molecule has 2 aromatic rings. The molecule has 0 aliphatic carbocycles. The fourth-order valence-corrected chi connectivity index (χ4v) is 2.34. The molecule has 0 saturated carbocycles. The second kappa shape index (κ2) is 5.24. The maximum atomic E-state index is 11.4. The number of fused-ring (bicyclic) bond motifs is 1. The van der Waals surface area contributed by atoms with Gasteiger partial charge in [-0.25, -0.2) is 9.78 Å². The number of hydrogen-bond acceptors (Lipinski definition) is 3. The Labute approximate surface area is 120 Å². The van der Waals surface area contributed by atoms with Gasteiger partial charge in [-0.2, -0.15) is 0 Å². The lowest BCUT2D eigenvalue weighted by Gasteiger charge is -2.19. The zero-order chi connectivity index (χ0) is 14.8. The summed E-state index contributed by atoms with van der Waals surface area (Å²) in [6.45, 7) is 0.362. The number of aromatic nitrogens is 1. The number of carboxylic acid groups (broad SMARTS) is 1. The van der Waals surface area contributed by atoms with Crippen LogP contribution < -0.4 is 10.6 Å². The molecule has 0 unspecified atom stereocenters. The third kappa shape index (κ3) is 2.69. The average Bonchev–Trinajstić information content (AvgIpc) is 2.47. The van der Waals surface area contributed by atoms with Crippen molar-refractivity contribution in [3.05, 3.63) is 47.7 Å². The van der Waals surface area contributed by atoms with Gasteiger partial charge in [-0.1, -0.05) is 30.3 Å². The van der Waals surface area contributed by atoms with Crippen molar-refractivity contribution in [2.24, 2.45) is 0 Å². The van der Waals surface area contributed by atoms with Crippen molar-refractivity contribution in [1.29, 1.82) is 0 Å². The molecule has 6 nitrogen and oxygen atoms in total. The van der Waals surface area contributed by atoms with E-state index < -0.39 is 6.09 Å². The molecular formula is C15H13N3O3.